The average molecular weight is 335 g/mol. The first-order chi connectivity index (χ1) is 12.3. The lowest BCUT2D eigenvalue weighted by molar-refractivity contribution is 0.175. The Labute approximate surface area is 148 Å². The fourth-order valence-corrected chi connectivity index (χ4v) is 3.51. The Morgan fingerprint density at radius 2 is 1.68 bits per heavy atom. The standard InChI is InChI=1S/C21H22FN3/c22-19-9-7-17(8-10-19)16-24-12-14-25(15-13-24)21-20-6-2-1-4-18(20)5-3-11-23-21/h1-4,6-11H,5,12-16H2. The number of rotatable bonds is 2. The van der Waals surface area contributed by atoms with Gasteiger partial charge in [-0.1, -0.05) is 42.5 Å². The molecule has 4 heteroatoms. The van der Waals surface area contributed by atoms with E-state index in [2.05, 4.69) is 40.1 Å². The number of piperazine rings is 1. The number of benzene rings is 2. The van der Waals surface area contributed by atoms with Crippen LogP contribution in [-0.4, -0.2) is 41.8 Å². The summed E-state index contributed by atoms with van der Waals surface area (Å²) in [5.41, 5.74) is 3.75. The summed E-state index contributed by atoms with van der Waals surface area (Å²) in [6, 6.07) is 15.4. The number of nitrogens with zero attached hydrogens (tertiary/aromatic N) is 3. The number of hydrogen-bond acceptors (Lipinski definition) is 3. The van der Waals surface area contributed by atoms with E-state index in [0.29, 0.717) is 0 Å². The van der Waals surface area contributed by atoms with Crippen LogP contribution < -0.4 is 0 Å². The Bertz CT molecular complexity index is 787. The van der Waals surface area contributed by atoms with Crippen molar-refractivity contribution in [2.24, 2.45) is 4.99 Å². The first-order valence-corrected chi connectivity index (χ1v) is 8.82. The van der Waals surface area contributed by atoms with Crippen LogP contribution in [0.25, 0.3) is 0 Å². The zero-order chi connectivity index (χ0) is 17.1. The lowest BCUT2D eigenvalue weighted by Gasteiger charge is -2.36. The Morgan fingerprint density at radius 3 is 2.48 bits per heavy atom. The monoisotopic (exact) mass is 335 g/mol. The topological polar surface area (TPSA) is 18.8 Å². The smallest absolute Gasteiger partial charge is 0.136 e. The largest absolute Gasteiger partial charge is 0.354 e. The van der Waals surface area contributed by atoms with Crippen LogP contribution in [0.2, 0.25) is 0 Å². The van der Waals surface area contributed by atoms with Crippen LogP contribution in [0, 0.1) is 5.82 Å². The predicted octanol–water partition coefficient (Wildman–Crippen LogP) is 3.46. The summed E-state index contributed by atoms with van der Waals surface area (Å²) in [5.74, 6) is 0.914. The maximum Gasteiger partial charge on any atom is 0.136 e. The summed E-state index contributed by atoms with van der Waals surface area (Å²) < 4.78 is 13.0. The van der Waals surface area contributed by atoms with Crippen LogP contribution in [0.5, 0.6) is 0 Å². The van der Waals surface area contributed by atoms with Crippen molar-refractivity contribution in [1.29, 1.82) is 0 Å². The highest BCUT2D eigenvalue weighted by molar-refractivity contribution is 6.00. The average Bonchev–Trinajstić information content (AvgIpc) is 2.87. The normalized spacial score (nSPS) is 17.8. The summed E-state index contributed by atoms with van der Waals surface area (Å²) in [6.45, 7) is 4.77. The summed E-state index contributed by atoms with van der Waals surface area (Å²) in [4.78, 5) is 9.51. The van der Waals surface area contributed by atoms with Gasteiger partial charge in [-0.05, 0) is 29.7 Å². The number of aliphatic imine (C=N–C) groups is 1. The Hall–Kier alpha value is -2.46. The second kappa shape index (κ2) is 7.19. The minimum atomic E-state index is -0.174. The minimum absolute atomic E-state index is 0.174. The molecule has 0 aromatic heterocycles. The molecule has 0 spiro atoms. The fourth-order valence-electron chi connectivity index (χ4n) is 3.51. The van der Waals surface area contributed by atoms with Gasteiger partial charge in [-0.15, -0.1) is 0 Å². The van der Waals surface area contributed by atoms with E-state index >= 15 is 0 Å². The quantitative estimate of drug-likeness (QED) is 0.837. The lowest BCUT2D eigenvalue weighted by atomic mass is 10.0. The lowest BCUT2D eigenvalue weighted by Crippen LogP contribution is -2.48. The van der Waals surface area contributed by atoms with E-state index in [9.17, 15) is 4.39 Å². The van der Waals surface area contributed by atoms with E-state index in [1.807, 2.05) is 18.3 Å². The highest BCUT2D eigenvalue weighted by Crippen LogP contribution is 2.19. The van der Waals surface area contributed by atoms with Crippen molar-refractivity contribution in [3.8, 4) is 0 Å². The molecule has 0 saturated carbocycles. The Balaban J connectivity index is 1.43. The Morgan fingerprint density at radius 1 is 0.920 bits per heavy atom. The van der Waals surface area contributed by atoms with Crippen molar-refractivity contribution in [2.75, 3.05) is 26.2 Å². The van der Waals surface area contributed by atoms with E-state index in [-0.39, 0.29) is 5.82 Å². The predicted molar refractivity (Wildman–Crippen MR) is 99.1 cm³/mol. The molecule has 128 valence electrons. The summed E-state index contributed by atoms with van der Waals surface area (Å²) in [5, 5.41) is 0. The van der Waals surface area contributed by atoms with Gasteiger partial charge in [0.1, 0.15) is 11.7 Å². The van der Waals surface area contributed by atoms with E-state index in [0.717, 1.165) is 50.5 Å². The van der Waals surface area contributed by atoms with Gasteiger partial charge in [0, 0.05) is 44.5 Å². The van der Waals surface area contributed by atoms with Crippen LogP contribution in [0.4, 0.5) is 4.39 Å². The molecule has 1 saturated heterocycles. The van der Waals surface area contributed by atoms with Gasteiger partial charge in [-0.3, -0.25) is 4.90 Å². The number of fused-ring (bicyclic) bond motifs is 1. The summed E-state index contributed by atoms with van der Waals surface area (Å²) in [7, 11) is 0. The van der Waals surface area contributed by atoms with E-state index in [4.69, 9.17) is 4.99 Å². The SMILES string of the molecule is Fc1ccc(CN2CCN(C3=NC=CCc4ccccc43)CC2)cc1. The molecule has 0 amide bonds. The molecule has 2 aromatic rings. The second-order valence-electron chi connectivity index (χ2n) is 6.59. The number of halogens is 1. The van der Waals surface area contributed by atoms with Crippen LogP contribution in [0.3, 0.4) is 0 Å². The van der Waals surface area contributed by atoms with E-state index < -0.39 is 0 Å². The third-order valence-corrected chi connectivity index (χ3v) is 4.89. The molecule has 3 nitrogen and oxygen atoms in total. The summed E-state index contributed by atoms with van der Waals surface area (Å²) in [6.07, 6.45) is 4.99. The van der Waals surface area contributed by atoms with E-state index in [1.54, 1.807) is 0 Å². The molecule has 4 rings (SSSR count). The van der Waals surface area contributed by atoms with Crippen molar-refractivity contribution >= 4 is 5.84 Å². The molecule has 2 aliphatic heterocycles. The number of amidine groups is 1. The minimum Gasteiger partial charge on any atom is -0.354 e. The third kappa shape index (κ3) is 3.64. The highest BCUT2D eigenvalue weighted by Gasteiger charge is 2.22. The zero-order valence-electron chi connectivity index (χ0n) is 14.2. The molecule has 0 atom stereocenters. The molecule has 25 heavy (non-hydrogen) atoms. The van der Waals surface area contributed by atoms with Gasteiger partial charge in [0.25, 0.3) is 0 Å². The number of allylic oxidation sites excluding steroid dienone is 1. The van der Waals surface area contributed by atoms with Crippen molar-refractivity contribution in [3.05, 3.63) is 83.3 Å². The molecule has 0 radical (unpaired) electrons. The van der Waals surface area contributed by atoms with Crippen LogP contribution >= 0.6 is 0 Å². The fraction of sp³-hybridized carbons (Fsp3) is 0.286. The second-order valence-corrected chi connectivity index (χ2v) is 6.59. The van der Waals surface area contributed by atoms with Gasteiger partial charge in [0.2, 0.25) is 0 Å². The third-order valence-electron chi connectivity index (χ3n) is 4.89. The molecular weight excluding hydrogens is 313 g/mol. The van der Waals surface area contributed by atoms with Crippen LogP contribution in [0.15, 0.2) is 65.8 Å². The van der Waals surface area contributed by atoms with Gasteiger partial charge in [0.05, 0.1) is 0 Å². The molecule has 0 unspecified atom stereocenters. The molecule has 0 bridgehead atoms. The summed E-state index contributed by atoms with van der Waals surface area (Å²) >= 11 is 0. The van der Waals surface area contributed by atoms with Crippen molar-refractivity contribution in [3.63, 3.8) is 0 Å². The van der Waals surface area contributed by atoms with Gasteiger partial charge in [-0.25, -0.2) is 9.38 Å². The van der Waals surface area contributed by atoms with Crippen molar-refractivity contribution < 1.29 is 4.39 Å². The molecule has 2 heterocycles. The van der Waals surface area contributed by atoms with Crippen molar-refractivity contribution in [1.82, 2.24) is 9.80 Å². The molecule has 0 N–H and O–H groups in total. The zero-order valence-corrected chi connectivity index (χ0v) is 14.2. The maximum absolute atomic E-state index is 13.0. The highest BCUT2D eigenvalue weighted by atomic mass is 19.1. The van der Waals surface area contributed by atoms with Crippen molar-refractivity contribution in [2.45, 2.75) is 13.0 Å². The van der Waals surface area contributed by atoms with Gasteiger partial charge < -0.3 is 4.90 Å². The molecule has 2 aromatic carbocycles. The molecule has 1 fully saturated rings. The first-order valence-electron chi connectivity index (χ1n) is 8.82. The molecule has 2 aliphatic rings. The van der Waals surface area contributed by atoms with Crippen LogP contribution in [0.1, 0.15) is 16.7 Å². The Kier molecular flexibility index (Phi) is 4.61. The first kappa shape index (κ1) is 16.0. The van der Waals surface area contributed by atoms with Gasteiger partial charge >= 0.3 is 0 Å². The van der Waals surface area contributed by atoms with Crippen LogP contribution in [-0.2, 0) is 13.0 Å². The molecule has 0 aliphatic carbocycles. The van der Waals surface area contributed by atoms with Gasteiger partial charge in [-0.2, -0.15) is 0 Å². The maximum atomic E-state index is 13.0. The van der Waals surface area contributed by atoms with Gasteiger partial charge in [0.15, 0.2) is 0 Å². The number of hydrogen-bond donors (Lipinski definition) is 0. The molecular formula is C21H22FN3. The van der Waals surface area contributed by atoms with E-state index in [1.165, 1.54) is 23.3 Å².